The largest absolute Gasteiger partial charge is 0.377 e. The molecule has 1 rings (SSSR count). The van der Waals surface area contributed by atoms with Crippen molar-refractivity contribution in [3.63, 3.8) is 0 Å². The van der Waals surface area contributed by atoms with Gasteiger partial charge in [-0.2, -0.15) is 0 Å². The quantitative estimate of drug-likeness (QED) is 0.745. The van der Waals surface area contributed by atoms with Crippen LogP contribution in [0, 0.1) is 6.07 Å². The molecule has 1 radical (unpaired) electrons. The summed E-state index contributed by atoms with van der Waals surface area (Å²) in [6.45, 7) is 0. The summed E-state index contributed by atoms with van der Waals surface area (Å²) in [5.74, 6) is 0. The maximum absolute atomic E-state index is 3.40. The number of anilines is 3. The maximum atomic E-state index is 3.40. The van der Waals surface area contributed by atoms with Crippen molar-refractivity contribution in [1.82, 2.24) is 0 Å². The molecule has 0 spiro atoms. The van der Waals surface area contributed by atoms with Crippen LogP contribution in [0.1, 0.15) is 0 Å². The van der Waals surface area contributed by atoms with Gasteiger partial charge in [0.1, 0.15) is 0 Å². The van der Waals surface area contributed by atoms with Crippen molar-refractivity contribution in [2.75, 3.05) is 57.0 Å². The van der Waals surface area contributed by atoms with Gasteiger partial charge in [0, 0.05) is 54.0 Å². The Labute approximate surface area is 92.9 Å². The lowest BCUT2D eigenvalue weighted by molar-refractivity contribution is 1.06. The van der Waals surface area contributed by atoms with Crippen LogP contribution in [0.25, 0.3) is 0 Å². The van der Waals surface area contributed by atoms with Gasteiger partial charge in [0.05, 0.1) is 11.4 Å². The standard InChI is InChI=1S/C12H20N3/c1-13(2)10-7-8-11(14(3)4)12(9-10)15(5)6/h7-8H,1-6H3. The second-order valence-electron chi connectivity index (χ2n) is 4.26. The van der Waals surface area contributed by atoms with Crippen molar-refractivity contribution in [2.24, 2.45) is 0 Å². The number of nitrogens with zero attached hydrogens (tertiary/aromatic N) is 3. The summed E-state index contributed by atoms with van der Waals surface area (Å²) >= 11 is 0. The Hall–Kier alpha value is -1.38. The Bertz CT molecular complexity index is 330. The average molecular weight is 206 g/mol. The molecule has 0 saturated carbocycles. The Morgan fingerprint density at radius 2 is 1.40 bits per heavy atom. The minimum Gasteiger partial charge on any atom is -0.377 e. The van der Waals surface area contributed by atoms with Crippen LogP contribution in [-0.4, -0.2) is 42.3 Å². The molecule has 0 unspecified atom stereocenters. The molecule has 0 fully saturated rings. The van der Waals surface area contributed by atoms with E-state index in [1.165, 1.54) is 5.69 Å². The zero-order chi connectivity index (χ0) is 11.6. The smallest absolute Gasteiger partial charge is 0.0700 e. The van der Waals surface area contributed by atoms with Gasteiger partial charge in [0.15, 0.2) is 0 Å². The zero-order valence-corrected chi connectivity index (χ0v) is 10.5. The monoisotopic (exact) mass is 206 g/mol. The Kier molecular flexibility index (Phi) is 3.45. The summed E-state index contributed by atoms with van der Waals surface area (Å²) in [4.78, 5) is 6.25. The van der Waals surface area contributed by atoms with E-state index in [0.29, 0.717) is 0 Å². The summed E-state index contributed by atoms with van der Waals surface area (Å²) in [5, 5.41) is 0. The SMILES string of the molecule is CN(C)c1[c]c(N(C)C)c(N(C)C)cc1. The highest BCUT2D eigenvalue weighted by Gasteiger charge is 2.08. The van der Waals surface area contributed by atoms with E-state index in [1.807, 2.05) is 42.3 Å². The molecule has 83 valence electrons. The molecule has 0 N–H and O–H groups in total. The Morgan fingerprint density at radius 1 is 0.800 bits per heavy atom. The highest BCUT2D eigenvalue weighted by molar-refractivity contribution is 5.74. The molecule has 0 aliphatic carbocycles. The van der Waals surface area contributed by atoms with Gasteiger partial charge in [-0.25, -0.2) is 0 Å². The molecule has 0 bridgehead atoms. The fourth-order valence-corrected chi connectivity index (χ4v) is 1.43. The fraction of sp³-hybridized carbons (Fsp3) is 0.500. The molecule has 3 heteroatoms. The molecule has 1 aromatic carbocycles. The molecular formula is C12H20N3. The third-order valence-corrected chi connectivity index (χ3v) is 2.30. The average Bonchev–Trinajstić information content (AvgIpc) is 2.16. The predicted octanol–water partition coefficient (Wildman–Crippen LogP) is 1.68. The van der Waals surface area contributed by atoms with E-state index in [0.717, 1.165) is 11.4 Å². The van der Waals surface area contributed by atoms with E-state index in [-0.39, 0.29) is 0 Å². The van der Waals surface area contributed by atoms with Crippen molar-refractivity contribution >= 4 is 17.1 Å². The molecule has 0 heterocycles. The molecule has 15 heavy (non-hydrogen) atoms. The minimum atomic E-state index is 1.10. The Balaban J connectivity index is 3.21. The van der Waals surface area contributed by atoms with Crippen LogP contribution < -0.4 is 14.7 Å². The van der Waals surface area contributed by atoms with Crippen molar-refractivity contribution in [1.29, 1.82) is 0 Å². The van der Waals surface area contributed by atoms with Crippen LogP contribution in [0.5, 0.6) is 0 Å². The van der Waals surface area contributed by atoms with E-state index in [2.05, 4.69) is 32.9 Å². The summed E-state index contributed by atoms with van der Waals surface area (Å²) in [7, 11) is 12.2. The zero-order valence-electron chi connectivity index (χ0n) is 10.5. The number of hydrogen-bond acceptors (Lipinski definition) is 3. The van der Waals surface area contributed by atoms with Crippen LogP contribution in [0.2, 0.25) is 0 Å². The van der Waals surface area contributed by atoms with E-state index in [4.69, 9.17) is 0 Å². The van der Waals surface area contributed by atoms with E-state index < -0.39 is 0 Å². The fourth-order valence-electron chi connectivity index (χ4n) is 1.43. The Morgan fingerprint density at radius 3 is 1.80 bits per heavy atom. The maximum Gasteiger partial charge on any atom is 0.0700 e. The lowest BCUT2D eigenvalue weighted by atomic mass is 10.2. The first-order valence-corrected chi connectivity index (χ1v) is 5.01. The number of rotatable bonds is 3. The topological polar surface area (TPSA) is 9.72 Å². The van der Waals surface area contributed by atoms with Crippen LogP contribution in [0.3, 0.4) is 0 Å². The lowest BCUT2D eigenvalue weighted by Gasteiger charge is -2.24. The molecule has 0 aromatic heterocycles. The molecule has 0 atom stereocenters. The van der Waals surface area contributed by atoms with Gasteiger partial charge < -0.3 is 14.7 Å². The second-order valence-corrected chi connectivity index (χ2v) is 4.26. The van der Waals surface area contributed by atoms with E-state index in [9.17, 15) is 0 Å². The lowest BCUT2D eigenvalue weighted by Crippen LogP contribution is -2.18. The van der Waals surface area contributed by atoms with Gasteiger partial charge in [-0.3, -0.25) is 0 Å². The van der Waals surface area contributed by atoms with Gasteiger partial charge in [-0.15, -0.1) is 0 Å². The van der Waals surface area contributed by atoms with Crippen molar-refractivity contribution in [3.05, 3.63) is 18.2 Å². The normalized spacial score (nSPS) is 10.0. The first-order chi connectivity index (χ1) is 6.93. The molecule has 0 saturated heterocycles. The number of hydrogen-bond donors (Lipinski definition) is 0. The van der Waals surface area contributed by atoms with Gasteiger partial charge >= 0.3 is 0 Å². The summed E-state index contributed by atoms with van der Waals surface area (Å²) in [6.07, 6.45) is 0. The summed E-state index contributed by atoms with van der Waals surface area (Å²) < 4.78 is 0. The third-order valence-electron chi connectivity index (χ3n) is 2.30. The van der Waals surface area contributed by atoms with Crippen molar-refractivity contribution in [2.45, 2.75) is 0 Å². The first-order valence-electron chi connectivity index (χ1n) is 5.01. The van der Waals surface area contributed by atoms with Crippen LogP contribution >= 0.6 is 0 Å². The van der Waals surface area contributed by atoms with E-state index in [1.54, 1.807) is 0 Å². The summed E-state index contributed by atoms with van der Waals surface area (Å²) in [5.41, 5.74) is 3.40. The van der Waals surface area contributed by atoms with Crippen LogP contribution in [0.4, 0.5) is 17.1 Å². The second kappa shape index (κ2) is 4.43. The van der Waals surface area contributed by atoms with Crippen LogP contribution in [0.15, 0.2) is 12.1 Å². The van der Waals surface area contributed by atoms with Gasteiger partial charge in [0.25, 0.3) is 0 Å². The predicted molar refractivity (Wildman–Crippen MR) is 68.3 cm³/mol. The third kappa shape index (κ3) is 2.55. The minimum absolute atomic E-state index is 1.10. The van der Waals surface area contributed by atoms with Gasteiger partial charge in [-0.05, 0) is 12.1 Å². The van der Waals surface area contributed by atoms with Crippen molar-refractivity contribution in [3.8, 4) is 0 Å². The van der Waals surface area contributed by atoms with Crippen LogP contribution in [-0.2, 0) is 0 Å². The highest BCUT2D eigenvalue weighted by Crippen LogP contribution is 2.29. The molecule has 0 amide bonds. The van der Waals surface area contributed by atoms with Gasteiger partial charge in [-0.1, -0.05) is 0 Å². The summed E-state index contributed by atoms with van der Waals surface area (Å²) in [6, 6.07) is 7.62. The molecule has 3 nitrogen and oxygen atoms in total. The number of benzene rings is 1. The molecule has 0 aliphatic heterocycles. The van der Waals surface area contributed by atoms with Crippen molar-refractivity contribution < 1.29 is 0 Å². The highest BCUT2D eigenvalue weighted by atomic mass is 15.1. The molecular weight excluding hydrogens is 186 g/mol. The molecule has 1 aromatic rings. The first kappa shape index (κ1) is 11.7. The molecule has 0 aliphatic rings. The van der Waals surface area contributed by atoms with E-state index >= 15 is 0 Å². The van der Waals surface area contributed by atoms with Gasteiger partial charge in [0.2, 0.25) is 0 Å².